The number of allylic oxidation sites excluding steroid dienone is 2. The number of likely N-dealkylation sites (N-methyl/N-ethyl adjacent to an activating group) is 1. The van der Waals surface area contributed by atoms with E-state index < -0.39 is 0 Å². The molecule has 1 aromatic heterocycles. The number of piperidine rings is 1. The Labute approximate surface area is 170 Å². The molecule has 4 rings (SSSR count). The number of guanidine groups is 1. The molecule has 148 valence electrons. The van der Waals surface area contributed by atoms with Crippen LogP contribution in [0.2, 0.25) is 0 Å². The van der Waals surface area contributed by atoms with Gasteiger partial charge in [0.05, 0.1) is 11.4 Å². The van der Waals surface area contributed by atoms with Crippen LogP contribution in [0.25, 0.3) is 11.3 Å². The lowest BCUT2D eigenvalue weighted by Gasteiger charge is -2.39. The van der Waals surface area contributed by atoms with Crippen LogP contribution in [0, 0.1) is 11.7 Å². The molecule has 3 heterocycles. The SMILES string of the molecule is C=C(c1ccccc1F)C1CCN(C2=NC(c3ccncn3)=CC(=C)N2C)CC1. The Balaban J connectivity index is 1.49. The third kappa shape index (κ3) is 3.83. The summed E-state index contributed by atoms with van der Waals surface area (Å²) in [6, 6.07) is 8.72. The van der Waals surface area contributed by atoms with Gasteiger partial charge in [0.25, 0.3) is 0 Å². The highest BCUT2D eigenvalue weighted by Gasteiger charge is 2.28. The molecule has 6 heteroatoms. The van der Waals surface area contributed by atoms with E-state index in [1.807, 2.05) is 36.2 Å². The van der Waals surface area contributed by atoms with E-state index in [0.29, 0.717) is 5.56 Å². The van der Waals surface area contributed by atoms with Crippen LogP contribution in [0.3, 0.4) is 0 Å². The van der Waals surface area contributed by atoms with Gasteiger partial charge in [-0.05, 0) is 42.5 Å². The first kappa shape index (κ1) is 19.1. The van der Waals surface area contributed by atoms with Crippen molar-refractivity contribution in [3.63, 3.8) is 0 Å². The van der Waals surface area contributed by atoms with Crippen LogP contribution in [0.15, 0.2) is 72.8 Å². The second-order valence-corrected chi connectivity index (χ2v) is 7.35. The van der Waals surface area contributed by atoms with Crippen LogP contribution < -0.4 is 0 Å². The van der Waals surface area contributed by atoms with Gasteiger partial charge in [0.15, 0.2) is 0 Å². The molecule has 1 aromatic carbocycles. The number of rotatable bonds is 3. The molecule has 1 saturated heterocycles. The van der Waals surface area contributed by atoms with E-state index in [4.69, 9.17) is 4.99 Å². The highest BCUT2D eigenvalue weighted by Crippen LogP contribution is 2.33. The predicted molar refractivity (Wildman–Crippen MR) is 114 cm³/mol. The molecule has 0 bridgehead atoms. The van der Waals surface area contributed by atoms with Gasteiger partial charge in [-0.1, -0.05) is 31.4 Å². The molecule has 2 aliphatic heterocycles. The fourth-order valence-electron chi connectivity index (χ4n) is 3.82. The zero-order chi connectivity index (χ0) is 20.4. The molecule has 0 spiro atoms. The number of aromatic nitrogens is 2. The summed E-state index contributed by atoms with van der Waals surface area (Å²) in [5.74, 6) is 0.922. The van der Waals surface area contributed by atoms with Crippen LogP contribution in [0.5, 0.6) is 0 Å². The average molecular weight is 389 g/mol. The molecule has 0 radical (unpaired) electrons. The van der Waals surface area contributed by atoms with Crippen molar-refractivity contribution in [2.45, 2.75) is 12.8 Å². The van der Waals surface area contributed by atoms with Crippen molar-refractivity contribution in [1.82, 2.24) is 19.8 Å². The maximum absolute atomic E-state index is 14.1. The van der Waals surface area contributed by atoms with Crippen molar-refractivity contribution in [3.8, 4) is 0 Å². The first-order chi connectivity index (χ1) is 14.0. The standard InChI is InChI=1S/C23H24FN5/c1-16-14-22(21-8-11-25-15-26-21)27-23(28(16)3)29-12-9-18(10-13-29)17(2)19-6-4-5-7-20(19)24/h4-8,11,14-15,18H,1-2,9-10,12-13H2,3H3. The normalized spacial score (nSPS) is 17.8. The number of halogens is 1. The molecule has 0 N–H and O–H groups in total. The zero-order valence-corrected chi connectivity index (χ0v) is 16.6. The van der Waals surface area contributed by atoms with Gasteiger partial charge in [-0.2, -0.15) is 0 Å². The molecule has 2 aromatic rings. The first-order valence-electron chi connectivity index (χ1n) is 9.72. The second kappa shape index (κ2) is 7.99. The quantitative estimate of drug-likeness (QED) is 0.789. The first-order valence-corrected chi connectivity index (χ1v) is 9.72. The molecular formula is C23H24FN5. The number of likely N-dealkylation sites (tertiary alicyclic amines) is 1. The number of benzene rings is 1. The maximum atomic E-state index is 14.1. The fourth-order valence-corrected chi connectivity index (χ4v) is 3.82. The Morgan fingerprint density at radius 1 is 1.17 bits per heavy atom. The summed E-state index contributed by atoms with van der Waals surface area (Å²) in [5, 5.41) is 0. The van der Waals surface area contributed by atoms with Crippen LogP contribution in [-0.4, -0.2) is 45.9 Å². The summed E-state index contributed by atoms with van der Waals surface area (Å²) in [7, 11) is 1.97. The van der Waals surface area contributed by atoms with Gasteiger partial charge < -0.3 is 9.80 Å². The fraction of sp³-hybridized carbons (Fsp3) is 0.261. The van der Waals surface area contributed by atoms with Gasteiger partial charge in [0.2, 0.25) is 5.96 Å². The molecule has 2 aliphatic rings. The van der Waals surface area contributed by atoms with Gasteiger partial charge in [0, 0.05) is 37.6 Å². The van der Waals surface area contributed by atoms with E-state index in [1.165, 1.54) is 12.4 Å². The van der Waals surface area contributed by atoms with E-state index in [1.54, 1.807) is 12.3 Å². The summed E-state index contributed by atoms with van der Waals surface area (Å²) in [5.41, 5.74) is 3.92. The summed E-state index contributed by atoms with van der Waals surface area (Å²) in [6.07, 6.45) is 6.96. The van der Waals surface area contributed by atoms with Gasteiger partial charge in [-0.3, -0.25) is 0 Å². The van der Waals surface area contributed by atoms with Crippen molar-refractivity contribution >= 4 is 17.2 Å². The van der Waals surface area contributed by atoms with E-state index in [9.17, 15) is 4.39 Å². The summed E-state index contributed by atoms with van der Waals surface area (Å²) >= 11 is 0. The number of hydrogen-bond donors (Lipinski definition) is 0. The summed E-state index contributed by atoms with van der Waals surface area (Å²) < 4.78 is 14.1. The highest BCUT2D eigenvalue weighted by molar-refractivity contribution is 5.90. The largest absolute Gasteiger partial charge is 0.342 e. The molecule has 5 nitrogen and oxygen atoms in total. The van der Waals surface area contributed by atoms with Crippen molar-refractivity contribution in [2.75, 3.05) is 20.1 Å². The molecule has 0 unspecified atom stereocenters. The molecular weight excluding hydrogens is 365 g/mol. The third-order valence-electron chi connectivity index (χ3n) is 5.59. The van der Waals surface area contributed by atoms with Crippen LogP contribution in [-0.2, 0) is 0 Å². The lowest BCUT2D eigenvalue weighted by molar-refractivity contribution is 0.280. The average Bonchev–Trinajstić information content (AvgIpc) is 2.76. The number of nitrogens with zero attached hydrogens (tertiary/aromatic N) is 5. The Kier molecular flexibility index (Phi) is 5.25. The van der Waals surface area contributed by atoms with Gasteiger partial charge >= 0.3 is 0 Å². The monoisotopic (exact) mass is 389 g/mol. The highest BCUT2D eigenvalue weighted by atomic mass is 19.1. The molecule has 0 saturated carbocycles. The number of aliphatic imine (C=N–C) groups is 1. The van der Waals surface area contributed by atoms with E-state index in [0.717, 1.165) is 54.6 Å². The van der Waals surface area contributed by atoms with Gasteiger partial charge in [-0.15, -0.1) is 0 Å². The maximum Gasteiger partial charge on any atom is 0.206 e. The number of hydrogen-bond acceptors (Lipinski definition) is 5. The lowest BCUT2D eigenvalue weighted by atomic mass is 9.86. The Bertz CT molecular complexity index is 987. The van der Waals surface area contributed by atoms with Crippen molar-refractivity contribution in [3.05, 3.63) is 84.9 Å². The Morgan fingerprint density at radius 3 is 2.62 bits per heavy atom. The topological polar surface area (TPSA) is 44.6 Å². The van der Waals surface area contributed by atoms with Crippen LogP contribution in [0.4, 0.5) is 4.39 Å². The molecule has 0 atom stereocenters. The molecule has 0 amide bonds. The van der Waals surface area contributed by atoms with Gasteiger partial charge in [0.1, 0.15) is 12.1 Å². The van der Waals surface area contributed by atoms with E-state index in [-0.39, 0.29) is 11.7 Å². The lowest BCUT2D eigenvalue weighted by Crippen LogP contribution is -2.46. The summed E-state index contributed by atoms with van der Waals surface area (Å²) in [6.45, 7) is 9.99. The van der Waals surface area contributed by atoms with E-state index >= 15 is 0 Å². The minimum absolute atomic E-state index is 0.202. The predicted octanol–water partition coefficient (Wildman–Crippen LogP) is 4.20. The van der Waals surface area contributed by atoms with Crippen LogP contribution >= 0.6 is 0 Å². The van der Waals surface area contributed by atoms with Crippen LogP contribution in [0.1, 0.15) is 24.1 Å². The molecule has 29 heavy (non-hydrogen) atoms. The zero-order valence-electron chi connectivity index (χ0n) is 16.6. The van der Waals surface area contributed by atoms with Crippen molar-refractivity contribution in [1.29, 1.82) is 0 Å². The minimum Gasteiger partial charge on any atom is -0.342 e. The Hall–Kier alpha value is -3.28. The summed E-state index contributed by atoms with van der Waals surface area (Å²) in [4.78, 5) is 17.4. The minimum atomic E-state index is -0.202. The van der Waals surface area contributed by atoms with E-state index in [2.05, 4.69) is 28.0 Å². The second-order valence-electron chi connectivity index (χ2n) is 7.35. The smallest absolute Gasteiger partial charge is 0.206 e. The Morgan fingerprint density at radius 2 is 1.93 bits per heavy atom. The molecule has 0 aliphatic carbocycles. The third-order valence-corrected chi connectivity index (χ3v) is 5.59. The van der Waals surface area contributed by atoms with Crippen molar-refractivity contribution in [2.24, 2.45) is 10.9 Å². The van der Waals surface area contributed by atoms with Crippen molar-refractivity contribution < 1.29 is 4.39 Å². The van der Waals surface area contributed by atoms with Gasteiger partial charge in [-0.25, -0.2) is 19.4 Å². The molecule has 1 fully saturated rings.